The number of hydrogen-bond donors (Lipinski definition) is 1. The second-order valence-corrected chi connectivity index (χ2v) is 3.00. The van der Waals surface area contributed by atoms with Crippen LogP contribution in [0.2, 0.25) is 0 Å². The quantitative estimate of drug-likeness (QED) is 0.285. The second-order valence-electron chi connectivity index (χ2n) is 3.00. The lowest BCUT2D eigenvalue weighted by Crippen LogP contribution is -2.49. The third-order valence-corrected chi connectivity index (χ3v) is 1.52. The number of carbonyl (C=O) groups is 1. The molecule has 0 spiro atoms. The van der Waals surface area contributed by atoms with Gasteiger partial charge in [0.05, 0.1) is 0 Å². The summed E-state index contributed by atoms with van der Waals surface area (Å²) in [7, 11) is 0. The van der Waals surface area contributed by atoms with Gasteiger partial charge in [0.25, 0.3) is 0 Å². The van der Waals surface area contributed by atoms with Crippen molar-refractivity contribution < 1.29 is 53.5 Å². The van der Waals surface area contributed by atoms with Gasteiger partial charge in [-0.3, -0.25) is 0 Å². The molecule has 0 aliphatic carbocycles. The number of oxime groups is 1. The average molecular weight is 324 g/mol. The standard InChI is InChI=1S/C6H2F10N2O2/c7-3(8,5(11,12)13)1(17)18-20-2(19)4(9,10)6(14,15)16/h(H2,17,18). The number of carbonyl (C=O) groups excluding carboxylic acids is 1. The lowest BCUT2D eigenvalue weighted by molar-refractivity contribution is -0.280. The molecule has 0 saturated heterocycles. The molecule has 0 fully saturated rings. The van der Waals surface area contributed by atoms with Crippen molar-refractivity contribution in [1.29, 1.82) is 0 Å². The third kappa shape index (κ3) is 3.41. The number of nitrogens with zero attached hydrogens (tertiary/aromatic N) is 1. The Bertz CT molecular complexity index is 409. The molecule has 4 nitrogen and oxygen atoms in total. The van der Waals surface area contributed by atoms with Crippen molar-refractivity contribution >= 4 is 11.8 Å². The summed E-state index contributed by atoms with van der Waals surface area (Å²) < 4.78 is 119. The van der Waals surface area contributed by atoms with E-state index in [0.29, 0.717) is 0 Å². The van der Waals surface area contributed by atoms with E-state index in [1.54, 1.807) is 0 Å². The first-order chi connectivity index (χ1) is 8.55. The molecule has 0 aromatic carbocycles. The normalized spacial score (nSPS) is 15.2. The van der Waals surface area contributed by atoms with Crippen molar-refractivity contribution in [3.63, 3.8) is 0 Å². The molecular weight excluding hydrogens is 322 g/mol. The number of alkyl halides is 10. The number of halogens is 10. The van der Waals surface area contributed by atoms with Crippen LogP contribution in [0.1, 0.15) is 0 Å². The van der Waals surface area contributed by atoms with Crippen LogP contribution in [0.25, 0.3) is 0 Å². The van der Waals surface area contributed by atoms with Crippen molar-refractivity contribution in [2.75, 3.05) is 0 Å². The zero-order chi connectivity index (χ0) is 16.6. The van der Waals surface area contributed by atoms with Gasteiger partial charge in [-0.2, -0.15) is 43.9 Å². The molecule has 0 amide bonds. The van der Waals surface area contributed by atoms with Crippen molar-refractivity contribution in [3.05, 3.63) is 0 Å². The predicted octanol–water partition coefficient (Wildman–Crippen LogP) is 2.20. The Morgan fingerprint density at radius 3 is 1.45 bits per heavy atom. The Hall–Kier alpha value is -1.76. The summed E-state index contributed by atoms with van der Waals surface area (Å²) in [5.41, 5.74) is 4.01. The fraction of sp³-hybridized carbons (Fsp3) is 0.667. The first-order valence-electron chi connectivity index (χ1n) is 3.99. The van der Waals surface area contributed by atoms with E-state index in [1.807, 2.05) is 0 Å². The van der Waals surface area contributed by atoms with Crippen molar-refractivity contribution in [1.82, 2.24) is 0 Å². The largest absolute Gasteiger partial charge is 0.465 e. The van der Waals surface area contributed by atoms with Gasteiger partial charge >= 0.3 is 30.2 Å². The molecule has 0 rings (SSSR count). The predicted molar refractivity (Wildman–Crippen MR) is 39.7 cm³/mol. The summed E-state index contributed by atoms with van der Waals surface area (Å²) in [6.07, 6.45) is -12.8. The highest BCUT2D eigenvalue weighted by Crippen LogP contribution is 2.37. The van der Waals surface area contributed by atoms with E-state index in [9.17, 15) is 48.7 Å². The molecule has 0 heterocycles. The average Bonchev–Trinajstić information content (AvgIpc) is 2.21. The Balaban J connectivity index is 5.12. The summed E-state index contributed by atoms with van der Waals surface area (Å²) in [6.45, 7) is 0. The Kier molecular flexibility index (Phi) is 4.53. The van der Waals surface area contributed by atoms with E-state index in [0.717, 1.165) is 0 Å². The van der Waals surface area contributed by atoms with Gasteiger partial charge in [0, 0.05) is 0 Å². The highest BCUT2D eigenvalue weighted by Gasteiger charge is 2.66. The van der Waals surface area contributed by atoms with Crippen molar-refractivity contribution in [3.8, 4) is 0 Å². The first-order valence-corrected chi connectivity index (χ1v) is 3.99. The van der Waals surface area contributed by atoms with Crippen LogP contribution < -0.4 is 5.73 Å². The molecule has 0 aliphatic heterocycles. The Labute approximate surface area is 102 Å². The highest BCUT2D eigenvalue weighted by molar-refractivity contribution is 5.88. The Morgan fingerprint density at radius 1 is 0.800 bits per heavy atom. The first kappa shape index (κ1) is 18.2. The molecule has 118 valence electrons. The molecule has 0 aromatic rings. The molecule has 0 atom stereocenters. The number of rotatable bonds is 3. The zero-order valence-corrected chi connectivity index (χ0v) is 8.62. The minimum Gasteiger partial charge on any atom is -0.379 e. The fourth-order valence-electron chi connectivity index (χ4n) is 0.466. The van der Waals surface area contributed by atoms with Gasteiger partial charge in [-0.15, -0.1) is 0 Å². The smallest absolute Gasteiger partial charge is 0.379 e. The summed E-state index contributed by atoms with van der Waals surface area (Å²) in [5.74, 6) is -18.4. The molecular formula is C6H2F10N2O2. The molecule has 0 aromatic heterocycles. The van der Waals surface area contributed by atoms with Crippen LogP contribution in [0, 0.1) is 0 Å². The molecule has 20 heavy (non-hydrogen) atoms. The van der Waals surface area contributed by atoms with Crippen LogP contribution in [-0.2, 0) is 9.63 Å². The molecule has 0 saturated carbocycles. The number of hydrogen-bond acceptors (Lipinski definition) is 3. The van der Waals surface area contributed by atoms with Gasteiger partial charge in [0.2, 0.25) is 5.84 Å². The summed E-state index contributed by atoms with van der Waals surface area (Å²) >= 11 is 0. The summed E-state index contributed by atoms with van der Waals surface area (Å²) in [6, 6.07) is 0. The van der Waals surface area contributed by atoms with Crippen LogP contribution in [0.3, 0.4) is 0 Å². The molecule has 0 aliphatic rings. The van der Waals surface area contributed by atoms with E-state index < -0.39 is 36.0 Å². The molecule has 14 heteroatoms. The zero-order valence-electron chi connectivity index (χ0n) is 8.62. The van der Waals surface area contributed by atoms with Crippen LogP contribution in [0.4, 0.5) is 43.9 Å². The molecule has 2 N–H and O–H groups in total. The van der Waals surface area contributed by atoms with E-state index in [2.05, 4.69) is 10.6 Å². The lowest BCUT2D eigenvalue weighted by atomic mass is 10.3. The van der Waals surface area contributed by atoms with Crippen molar-refractivity contribution in [2.45, 2.75) is 24.2 Å². The van der Waals surface area contributed by atoms with E-state index in [4.69, 9.17) is 0 Å². The van der Waals surface area contributed by atoms with Gasteiger partial charge in [-0.05, 0) is 0 Å². The van der Waals surface area contributed by atoms with Crippen LogP contribution >= 0.6 is 0 Å². The van der Waals surface area contributed by atoms with Gasteiger partial charge in [0.1, 0.15) is 0 Å². The van der Waals surface area contributed by atoms with Gasteiger partial charge in [0.15, 0.2) is 0 Å². The van der Waals surface area contributed by atoms with Crippen LogP contribution in [0.15, 0.2) is 5.16 Å². The Morgan fingerprint density at radius 2 is 1.15 bits per heavy atom. The maximum Gasteiger partial charge on any atom is 0.465 e. The lowest BCUT2D eigenvalue weighted by Gasteiger charge is -2.19. The van der Waals surface area contributed by atoms with Gasteiger partial charge in [-0.25, -0.2) is 4.79 Å². The fourth-order valence-corrected chi connectivity index (χ4v) is 0.466. The van der Waals surface area contributed by atoms with E-state index >= 15 is 0 Å². The van der Waals surface area contributed by atoms with E-state index in [1.165, 1.54) is 5.16 Å². The molecule has 0 radical (unpaired) electrons. The van der Waals surface area contributed by atoms with Crippen LogP contribution in [0.5, 0.6) is 0 Å². The SMILES string of the molecule is N/C(=N/OC(=O)C(F)(F)C(F)(F)F)C(F)(F)C(F)(F)F. The highest BCUT2D eigenvalue weighted by atomic mass is 19.4. The molecule has 0 unspecified atom stereocenters. The second kappa shape index (κ2) is 4.97. The molecule has 0 bridgehead atoms. The van der Waals surface area contributed by atoms with E-state index in [-0.39, 0.29) is 0 Å². The topological polar surface area (TPSA) is 64.7 Å². The van der Waals surface area contributed by atoms with Gasteiger partial charge in [-0.1, -0.05) is 5.16 Å². The van der Waals surface area contributed by atoms with Crippen molar-refractivity contribution in [2.24, 2.45) is 10.9 Å². The van der Waals surface area contributed by atoms with Crippen LogP contribution in [-0.4, -0.2) is 36.0 Å². The number of amidine groups is 1. The minimum absolute atomic E-state index is 1.44. The maximum absolute atomic E-state index is 12.3. The summed E-state index contributed by atoms with van der Waals surface area (Å²) in [4.78, 5) is 12.9. The number of nitrogens with two attached hydrogens (primary N) is 1. The minimum atomic E-state index is -6.46. The maximum atomic E-state index is 12.3. The third-order valence-electron chi connectivity index (χ3n) is 1.52. The van der Waals surface area contributed by atoms with Gasteiger partial charge < -0.3 is 10.6 Å². The monoisotopic (exact) mass is 324 g/mol. The summed E-state index contributed by atoms with van der Waals surface area (Å²) in [5, 5.41) is 1.44.